The van der Waals surface area contributed by atoms with Gasteiger partial charge in [-0.15, -0.1) is 12.4 Å². The molecule has 0 aliphatic heterocycles. The summed E-state index contributed by atoms with van der Waals surface area (Å²) in [5.74, 6) is -0.235. The van der Waals surface area contributed by atoms with Crippen molar-refractivity contribution < 1.29 is 26.4 Å². The van der Waals surface area contributed by atoms with Crippen molar-refractivity contribution in [1.82, 2.24) is 10.0 Å². The molecule has 0 aromatic heterocycles. The lowest BCUT2D eigenvalue weighted by atomic mass is 10.2. The van der Waals surface area contributed by atoms with Crippen molar-refractivity contribution in [2.24, 2.45) is 5.73 Å². The first-order valence-electron chi connectivity index (χ1n) is 7.30. The van der Waals surface area contributed by atoms with Crippen LogP contribution in [0.5, 0.6) is 0 Å². The summed E-state index contributed by atoms with van der Waals surface area (Å²) in [6.45, 7) is 0.852. The van der Waals surface area contributed by atoms with E-state index in [-0.39, 0.29) is 37.7 Å². The lowest BCUT2D eigenvalue weighted by molar-refractivity contribution is -0.137. The number of alkyl halides is 3. The second-order valence-electron chi connectivity index (χ2n) is 5.02. The van der Waals surface area contributed by atoms with E-state index in [9.17, 15) is 26.4 Å². The third kappa shape index (κ3) is 8.52. The summed E-state index contributed by atoms with van der Waals surface area (Å²) < 4.78 is 64.0. The number of sulfonamides is 1. The van der Waals surface area contributed by atoms with Gasteiger partial charge in [0.1, 0.15) is 0 Å². The summed E-state index contributed by atoms with van der Waals surface area (Å²) in [6.07, 6.45) is -3.64. The van der Waals surface area contributed by atoms with Crippen LogP contribution in [0.15, 0.2) is 29.2 Å². The zero-order valence-electron chi connectivity index (χ0n) is 13.3. The van der Waals surface area contributed by atoms with Crippen molar-refractivity contribution in [3.63, 3.8) is 0 Å². The number of rotatable bonds is 9. The fourth-order valence-electron chi connectivity index (χ4n) is 1.80. The maximum absolute atomic E-state index is 12.6. The van der Waals surface area contributed by atoms with Gasteiger partial charge in [-0.05, 0) is 37.6 Å². The highest BCUT2D eigenvalue weighted by Gasteiger charge is 2.31. The van der Waals surface area contributed by atoms with Gasteiger partial charge in [0.15, 0.2) is 0 Å². The van der Waals surface area contributed by atoms with Crippen molar-refractivity contribution in [2.75, 3.05) is 19.6 Å². The maximum Gasteiger partial charge on any atom is 0.416 e. The quantitative estimate of drug-likeness (QED) is 0.546. The Morgan fingerprint density at radius 3 is 2.44 bits per heavy atom. The molecule has 11 heteroatoms. The van der Waals surface area contributed by atoms with Crippen LogP contribution in [0, 0.1) is 0 Å². The average molecular weight is 404 g/mol. The van der Waals surface area contributed by atoms with Gasteiger partial charge in [0.05, 0.1) is 10.5 Å². The van der Waals surface area contributed by atoms with Gasteiger partial charge < -0.3 is 11.1 Å². The number of carbonyl (C=O) groups excluding carboxylic acids is 1. The molecular formula is C14H21ClF3N3O3S. The molecule has 0 saturated heterocycles. The van der Waals surface area contributed by atoms with Crippen molar-refractivity contribution >= 4 is 28.3 Å². The number of halogens is 4. The molecule has 0 spiro atoms. The van der Waals surface area contributed by atoms with E-state index in [4.69, 9.17) is 5.73 Å². The number of nitrogens with two attached hydrogens (primary N) is 1. The Balaban J connectivity index is 0.00000576. The van der Waals surface area contributed by atoms with Gasteiger partial charge in [-0.2, -0.15) is 13.2 Å². The minimum Gasteiger partial charge on any atom is -0.356 e. The highest BCUT2D eigenvalue weighted by Crippen LogP contribution is 2.30. The van der Waals surface area contributed by atoms with E-state index in [0.29, 0.717) is 25.6 Å². The molecule has 0 fully saturated rings. The van der Waals surface area contributed by atoms with Gasteiger partial charge in [0, 0.05) is 19.5 Å². The van der Waals surface area contributed by atoms with Crippen LogP contribution in [0.1, 0.15) is 24.8 Å². The van der Waals surface area contributed by atoms with Crippen molar-refractivity contribution in [3.05, 3.63) is 29.8 Å². The molecule has 0 radical (unpaired) electrons. The molecule has 144 valence electrons. The molecule has 6 nitrogen and oxygen atoms in total. The van der Waals surface area contributed by atoms with Gasteiger partial charge in [-0.25, -0.2) is 13.1 Å². The Labute approximate surface area is 150 Å². The molecule has 0 unspecified atom stereocenters. The van der Waals surface area contributed by atoms with Crippen molar-refractivity contribution in [3.8, 4) is 0 Å². The van der Waals surface area contributed by atoms with Gasteiger partial charge in [0.25, 0.3) is 0 Å². The molecule has 0 atom stereocenters. The standard InChI is InChI=1S/C14H20F3N3O3S.ClH/c15-14(16,17)11-4-1-5-12(10-11)24(22,23)20-9-2-6-13(21)19-8-3-7-18;/h1,4-5,10,20H,2-3,6-9,18H2,(H,19,21);1H. The van der Waals surface area contributed by atoms with Gasteiger partial charge in [0.2, 0.25) is 15.9 Å². The molecule has 0 saturated carbocycles. The van der Waals surface area contributed by atoms with E-state index in [2.05, 4.69) is 10.0 Å². The Morgan fingerprint density at radius 2 is 1.84 bits per heavy atom. The molecule has 0 heterocycles. The van der Waals surface area contributed by atoms with E-state index in [1.54, 1.807) is 0 Å². The number of hydrogen-bond acceptors (Lipinski definition) is 4. The topological polar surface area (TPSA) is 101 Å². The Morgan fingerprint density at radius 1 is 1.16 bits per heavy atom. The molecule has 1 aromatic rings. The largest absolute Gasteiger partial charge is 0.416 e. The summed E-state index contributed by atoms with van der Waals surface area (Å²) in [4.78, 5) is 10.9. The van der Waals surface area contributed by atoms with Crippen LogP contribution in [0.4, 0.5) is 13.2 Å². The lowest BCUT2D eigenvalue weighted by Gasteiger charge is -2.10. The van der Waals surface area contributed by atoms with Crippen LogP contribution < -0.4 is 15.8 Å². The van der Waals surface area contributed by atoms with E-state index in [1.165, 1.54) is 0 Å². The monoisotopic (exact) mass is 403 g/mol. The van der Waals surface area contributed by atoms with Crippen LogP contribution in [0.3, 0.4) is 0 Å². The first kappa shape index (κ1) is 23.6. The van der Waals surface area contributed by atoms with Crippen LogP contribution in [0.25, 0.3) is 0 Å². The molecule has 4 N–H and O–H groups in total. The fourth-order valence-corrected chi connectivity index (χ4v) is 2.92. The summed E-state index contributed by atoms with van der Waals surface area (Å²) in [6, 6.07) is 3.48. The fraction of sp³-hybridized carbons (Fsp3) is 0.500. The van der Waals surface area contributed by atoms with Crippen LogP contribution in [-0.4, -0.2) is 34.0 Å². The minimum absolute atomic E-state index is 0. The number of benzene rings is 1. The van der Waals surface area contributed by atoms with Crippen LogP contribution >= 0.6 is 12.4 Å². The Kier molecular flexibility index (Phi) is 10.0. The average Bonchev–Trinajstić information content (AvgIpc) is 2.51. The molecule has 0 aliphatic rings. The minimum atomic E-state index is -4.62. The molecule has 1 rings (SSSR count). The Bertz CT molecular complexity index is 654. The zero-order valence-corrected chi connectivity index (χ0v) is 14.9. The van der Waals surface area contributed by atoms with Crippen LogP contribution in [-0.2, 0) is 21.0 Å². The lowest BCUT2D eigenvalue weighted by Crippen LogP contribution is -2.28. The van der Waals surface area contributed by atoms with Gasteiger partial charge >= 0.3 is 6.18 Å². The third-order valence-electron chi connectivity index (χ3n) is 3.05. The molecular weight excluding hydrogens is 383 g/mol. The second-order valence-corrected chi connectivity index (χ2v) is 6.79. The number of hydrogen-bond donors (Lipinski definition) is 3. The predicted octanol–water partition coefficient (Wildman–Crippen LogP) is 1.65. The summed E-state index contributed by atoms with van der Waals surface area (Å²) >= 11 is 0. The normalized spacial score (nSPS) is 11.7. The molecule has 0 bridgehead atoms. The van der Waals surface area contributed by atoms with E-state index in [1.807, 2.05) is 0 Å². The SMILES string of the molecule is Cl.NCCCNC(=O)CCCNS(=O)(=O)c1cccc(C(F)(F)F)c1. The highest BCUT2D eigenvalue weighted by atomic mass is 35.5. The number of carbonyl (C=O) groups is 1. The van der Waals surface area contributed by atoms with E-state index < -0.39 is 26.7 Å². The summed E-state index contributed by atoms with van der Waals surface area (Å²) in [7, 11) is -4.06. The first-order chi connectivity index (χ1) is 11.2. The number of amides is 1. The van der Waals surface area contributed by atoms with E-state index >= 15 is 0 Å². The second kappa shape index (κ2) is 10.6. The Hall–Kier alpha value is -1.36. The molecule has 1 aromatic carbocycles. The molecule has 1 amide bonds. The third-order valence-corrected chi connectivity index (χ3v) is 4.51. The molecule has 0 aliphatic carbocycles. The summed E-state index contributed by atoms with van der Waals surface area (Å²) in [5.41, 5.74) is 4.24. The highest BCUT2D eigenvalue weighted by molar-refractivity contribution is 7.89. The maximum atomic E-state index is 12.6. The van der Waals surface area contributed by atoms with Crippen LogP contribution in [0.2, 0.25) is 0 Å². The van der Waals surface area contributed by atoms with Crippen molar-refractivity contribution in [2.45, 2.75) is 30.3 Å². The van der Waals surface area contributed by atoms with E-state index in [0.717, 1.165) is 18.2 Å². The first-order valence-corrected chi connectivity index (χ1v) is 8.79. The zero-order chi connectivity index (χ0) is 18.2. The van der Waals surface area contributed by atoms with Crippen molar-refractivity contribution in [1.29, 1.82) is 0 Å². The predicted molar refractivity (Wildman–Crippen MR) is 89.8 cm³/mol. The van der Waals surface area contributed by atoms with Gasteiger partial charge in [-0.3, -0.25) is 4.79 Å². The van der Waals surface area contributed by atoms with Gasteiger partial charge in [-0.1, -0.05) is 6.07 Å². The summed E-state index contributed by atoms with van der Waals surface area (Å²) in [5, 5.41) is 2.62. The smallest absolute Gasteiger partial charge is 0.356 e. The molecule has 25 heavy (non-hydrogen) atoms. The number of nitrogens with one attached hydrogen (secondary N) is 2.